The Bertz CT molecular complexity index is 582. The van der Waals surface area contributed by atoms with E-state index in [2.05, 4.69) is 10.6 Å². The summed E-state index contributed by atoms with van der Waals surface area (Å²) in [6.07, 6.45) is 3.19. The fourth-order valence-corrected chi connectivity index (χ4v) is 3.37. The quantitative estimate of drug-likeness (QED) is 0.778. The molecule has 0 atom stereocenters. The molecule has 3 rings (SSSR count). The molecule has 23 heavy (non-hydrogen) atoms. The van der Waals surface area contributed by atoms with Gasteiger partial charge in [-0.15, -0.1) is 0 Å². The zero-order valence-corrected chi connectivity index (χ0v) is 13.1. The monoisotopic (exact) mass is 317 g/mol. The van der Waals surface area contributed by atoms with E-state index in [1.807, 2.05) is 29.2 Å². The molecule has 6 heteroatoms. The van der Waals surface area contributed by atoms with Crippen LogP contribution in [0, 0.1) is 5.92 Å². The maximum atomic E-state index is 11.7. The first-order valence-electron chi connectivity index (χ1n) is 8.23. The van der Waals surface area contributed by atoms with Crippen molar-refractivity contribution >= 4 is 17.7 Å². The average Bonchev–Trinajstić information content (AvgIpc) is 2.95. The third kappa shape index (κ3) is 3.75. The first-order valence-corrected chi connectivity index (χ1v) is 8.23. The van der Waals surface area contributed by atoms with Crippen molar-refractivity contribution in [2.45, 2.75) is 38.3 Å². The lowest BCUT2D eigenvalue weighted by Gasteiger charge is -2.29. The number of amides is 2. The Kier molecular flexibility index (Phi) is 4.69. The number of benzene rings is 1. The Hall–Kier alpha value is -2.24. The van der Waals surface area contributed by atoms with E-state index in [4.69, 9.17) is 5.11 Å². The van der Waals surface area contributed by atoms with Crippen molar-refractivity contribution in [3.05, 3.63) is 29.8 Å². The fourth-order valence-electron chi connectivity index (χ4n) is 3.37. The molecule has 1 heterocycles. The van der Waals surface area contributed by atoms with Gasteiger partial charge in [-0.25, -0.2) is 4.79 Å². The highest BCUT2D eigenvalue weighted by molar-refractivity contribution is 5.76. The molecular weight excluding hydrogens is 294 g/mol. The smallest absolute Gasteiger partial charge is 0.317 e. The van der Waals surface area contributed by atoms with Crippen molar-refractivity contribution < 1.29 is 14.7 Å². The molecule has 1 saturated carbocycles. The Morgan fingerprint density at radius 3 is 2.65 bits per heavy atom. The lowest BCUT2D eigenvalue weighted by Crippen LogP contribution is -2.31. The third-order valence-corrected chi connectivity index (χ3v) is 4.76. The molecule has 0 radical (unpaired) electrons. The minimum atomic E-state index is -0.677. The highest BCUT2D eigenvalue weighted by Gasteiger charge is 2.26. The molecule has 1 aromatic carbocycles. The summed E-state index contributed by atoms with van der Waals surface area (Å²) in [5.41, 5.74) is 2.15. The van der Waals surface area contributed by atoms with E-state index in [9.17, 15) is 9.59 Å². The molecule has 124 valence electrons. The summed E-state index contributed by atoms with van der Waals surface area (Å²) < 4.78 is 0. The van der Waals surface area contributed by atoms with Crippen LogP contribution in [0.4, 0.5) is 10.5 Å². The molecule has 1 aliphatic carbocycles. The van der Waals surface area contributed by atoms with E-state index in [-0.39, 0.29) is 11.9 Å². The summed E-state index contributed by atoms with van der Waals surface area (Å²) in [5, 5.41) is 15.4. The summed E-state index contributed by atoms with van der Waals surface area (Å²) in [5.74, 6) is -0.875. The predicted octanol–water partition coefficient (Wildman–Crippen LogP) is 2.27. The number of carboxylic acids is 1. The number of hydrogen-bond donors (Lipinski definition) is 3. The van der Waals surface area contributed by atoms with Crippen molar-refractivity contribution in [3.8, 4) is 0 Å². The minimum Gasteiger partial charge on any atom is -0.481 e. The molecule has 2 aliphatic rings. The number of hydrogen-bond acceptors (Lipinski definition) is 3. The highest BCUT2D eigenvalue weighted by Crippen LogP contribution is 2.28. The van der Waals surface area contributed by atoms with E-state index >= 15 is 0 Å². The fraction of sp³-hybridized carbons (Fsp3) is 0.529. The Balaban J connectivity index is 1.62. The van der Waals surface area contributed by atoms with Crippen molar-refractivity contribution in [3.63, 3.8) is 0 Å². The second kappa shape index (κ2) is 6.89. The zero-order valence-electron chi connectivity index (χ0n) is 13.1. The Morgan fingerprint density at radius 1 is 1.26 bits per heavy atom. The van der Waals surface area contributed by atoms with Crippen LogP contribution in [0.25, 0.3) is 0 Å². The first-order chi connectivity index (χ1) is 11.1. The minimum absolute atomic E-state index is 0.0123. The van der Waals surface area contributed by atoms with Gasteiger partial charge in [-0.1, -0.05) is 18.2 Å². The SMILES string of the molecule is O=C(O)C1CCC(Nc2ccccc2CN2CCNC2=O)CC1. The van der Waals surface area contributed by atoms with Crippen molar-refractivity contribution in [1.29, 1.82) is 0 Å². The van der Waals surface area contributed by atoms with Crippen molar-refractivity contribution in [1.82, 2.24) is 10.2 Å². The van der Waals surface area contributed by atoms with Crippen LogP contribution in [0.15, 0.2) is 24.3 Å². The van der Waals surface area contributed by atoms with Crippen LogP contribution in [0.5, 0.6) is 0 Å². The number of rotatable bonds is 5. The third-order valence-electron chi connectivity index (χ3n) is 4.76. The molecular formula is C17H23N3O3. The molecule has 1 aliphatic heterocycles. The number of anilines is 1. The average molecular weight is 317 g/mol. The van der Waals surface area contributed by atoms with Crippen molar-refractivity contribution in [2.75, 3.05) is 18.4 Å². The van der Waals surface area contributed by atoms with Crippen LogP contribution in [0.3, 0.4) is 0 Å². The summed E-state index contributed by atoms with van der Waals surface area (Å²) in [4.78, 5) is 24.6. The van der Waals surface area contributed by atoms with E-state index in [1.165, 1.54) is 0 Å². The van der Waals surface area contributed by atoms with E-state index in [0.29, 0.717) is 19.1 Å². The summed E-state index contributed by atoms with van der Waals surface area (Å²) >= 11 is 0. The normalized spacial score (nSPS) is 24.3. The number of carbonyl (C=O) groups excluding carboxylic acids is 1. The molecule has 0 spiro atoms. The number of para-hydroxylation sites is 1. The van der Waals surface area contributed by atoms with Gasteiger partial charge in [0.25, 0.3) is 0 Å². The molecule has 2 fully saturated rings. The Morgan fingerprint density at radius 2 is 2.00 bits per heavy atom. The first kappa shape index (κ1) is 15.6. The molecule has 1 aromatic rings. The molecule has 6 nitrogen and oxygen atoms in total. The van der Waals surface area contributed by atoms with Gasteiger partial charge in [-0.05, 0) is 37.3 Å². The molecule has 0 aromatic heterocycles. The van der Waals surface area contributed by atoms with Gasteiger partial charge in [0.05, 0.1) is 5.92 Å². The topological polar surface area (TPSA) is 81.7 Å². The second-order valence-corrected chi connectivity index (χ2v) is 6.34. The molecule has 3 N–H and O–H groups in total. The number of urea groups is 1. The number of aliphatic carboxylic acids is 1. The number of carbonyl (C=O) groups is 2. The summed E-state index contributed by atoms with van der Waals surface area (Å²) in [7, 11) is 0. The van der Waals surface area contributed by atoms with Crippen LogP contribution >= 0.6 is 0 Å². The summed E-state index contributed by atoms with van der Waals surface area (Å²) in [6.45, 7) is 2.03. The molecule has 2 amide bonds. The maximum Gasteiger partial charge on any atom is 0.317 e. The molecule has 1 saturated heterocycles. The highest BCUT2D eigenvalue weighted by atomic mass is 16.4. The molecule has 0 bridgehead atoms. The van der Waals surface area contributed by atoms with Crippen LogP contribution < -0.4 is 10.6 Å². The molecule has 0 unspecified atom stereocenters. The van der Waals surface area contributed by atoms with E-state index in [0.717, 1.165) is 43.5 Å². The lowest BCUT2D eigenvalue weighted by atomic mass is 9.86. The number of carboxylic acid groups (broad SMARTS) is 1. The van der Waals surface area contributed by atoms with Gasteiger partial charge in [0.2, 0.25) is 0 Å². The summed E-state index contributed by atoms with van der Waals surface area (Å²) in [6, 6.07) is 8.33. The predicted molar refractivity (Wildman–Crippen MR) is 87.3 cm³/mol. The van der Waals surface area contributed by atoms with Gasteiger partial charge in [0.1, 0.15) is 0 Å². The zero-order chi connectivity index (χ0) is 16.2. The van der Waals surface area contributed by atoms with E-state index < -0.39 is 5.97 Å². The van der Waals surface area contributed by atoms with Gasteiger partial charge in [0.15, 0.2) is 0 Å². The van der Waals surface area contributed by atoms with Crippen LogP contribution in [0.2, 0.25) is 0 Å². The Labute approximate surface area is 135 Å². The maximum absolute atomic E-state index is 11.7. The van der Waals surface area contributed by atoms with Gasteiger partial charge in [-0.2, -0.15) is 0 Å². The number of nitrogens with zero attached hydrogens (tertiary/aromatic N) is 1. The van der Waals surface area contributed by atoms with Crippen LogP contribution in [-0.2, 0) is 11.3 Å². The van der Waals surface area contributed by atoms with Gasteiger partial charge >= 0.3 is 12.0 Å². The van der Waals surface area contributed by atoms with Crippen LogP contribution in [-0.4, -0.2) is 41.1 Å². The largest absolute Gasteiger partial charge is 0.481 e. The van der Waals surface area contributed by atoms with Gasteiger partial charge in [0, 0.05) is 31.4 Å². The van der Waals surface area contributed by atoms with Gasteiger partial charge in [-0.3, -0.25) is 4.79 Å². The second-order valence-electron chi connectivity index (χ2n) is 6.34. The van der Waals surface area contributed by atoms with E-state index in [1.54, 1.807) is 0 Å². The number of nitrogens with one attached hydrogen (secondary N) is 2. The van der Waals surface area contributed by atoms with Crippen LogP contribution in [0.1, 0.15) is 31.2 Å². The van der Waals surface area contributed by atoms with Gasteiger partial charge < -0.3 is 20.6 Å². The lowest BCUT2D eigenvalue weighted by molar-refractivity contribution is -0.142. The standard InChI is InChI=1S/C17H23N3O3/c21-16(22)12-5-7-14(8-6-12)19-15-4-2-1-3-13(15)11-20-10-9-18-17(20)23/h1-4,12,14,19H,5-11H2,(H,18,23)(H,21,22). The van der Waals surface area contributed by atoms with Crippen molar-refractivity contribution in [2.24, 2.45) is 5.92 Å².